The summed E-state index contributed by atoms with van der Waals surface area (Å²) in [5.41, 5.74) is 3.86. The number of benzene rings is 1. The summed E-state index contributed by atoms with van der Waals surface area (Å²) in [5.74, 6) is -1.27. The maximum Gasteiger partial charge on any atom is 0.355 e. The maximum absolute atomic E-state index is 12.2. The number of carbonyl (C=O) groups excluding carboxylic acids is 3. The number of hydroxylamine groups is 1. The molecule has 6 nitrogen and oxygen atoms in total. The van der Waals surface area contributed by atoms with E-state index < -0.39 is 17.9 Å². The highest BCUT2D eigenvalue weighted by molar-refractivity contribution is 5.95. The van der Waals surface area contributed by atoms with Crippen molar-refractivity contribution in [3.63, 3.8) is 0 Å². The SMILES string of the molecule is CC=CC(=O)ONC(=O)CC(Cc1ccccc1)NC(=O)C1=CCC1. The van der Waals surface area contributed by atoms with Crippen molar-refractivity contribution in [1.29, 1.82) is 0 Å². The molecule has 25 heavy (non-hydrogen) atoms. The number of amides is 2. The van der Waals surface area contributed by atoms with E-state index in [9.17, 15) is 14.4 Å². The Balaban J connectivity index is 1.94. The number of nitrogens with one attached hydrogen (secondary N) is 2. The molecule has 0 aliphatic heterocycles. The zero-order valence-corrected chi connectivity index (χ0v) is 14.2. The normalized spacial score (nSPS) is 14.2. The van der Waals surface area contributed by atoms with E-state index in [0.717, 1.165) is 24.0 Å². The Morgan fingerprint density at radius 3 is 2.56 bits per heavy atom. The predicted octanol–water partition coefficient (Wildman–Crippen LogP) is 1.97. The van der Waals surface area contributed by atoms with E-state index in [4.69, 9.17) is 0 Å². The molecule has 2 amide bonds. The van der Waals surface area contributed by atoms with E-state index in [-0.39, 0.29) is 12.3 Å². The van der Waals surface area contributed by atoms with Gasteiger partial charge >= 0.3 is 5.97 Å². The molecule has 1 aliphatic carbocycles. The fourth-order valence-electron chi connectivity index (χ4n) is 2.39. The average molecular weight is 342 g/mol. The Bertz CT molecular complexity index is 680. The number of rotatable bonds is 7. The molecule has 0 spiro atoms. The van der Waals surface area contributed by atoms with E-state index in [1.165, 1.54) is 12.2 Å². The summed E-state index contributed by atoms with van der Waals surface area (Å²) in [6.45, 7) is 1.67. The molecule has 132 valence electrons. The Hall–Kier alpha value is -2.89. The van der Waals surface area contributed by atoms with Gasteiger partial charge in [0.1, 0.15) is 0 Å². The molecular formula is C19H22N2O4. The zero-order chi connectivity index (χ0) is 18.1. The van der Waals surface area contributed by atoms with Crippen LogP contribution in [0.15, 0.2) is 54.1 Å². The third kappa shape index (κ3) is 6.25. The first-order chi connectivity index (χ1) is 12.1. The van der Waals surface area contributed by atoms with Crippen molar-refractivity contribution in [3.05, 3.63) is 59.7 Å². The largest absolute Gasteiger partial charge is 0.355 e. The summed E-state index contributed by atoms with van der Waals surface area (Å²) < 4.78 is 0. The summed E-state index contributed by atoms with van der Waals surface area (Å²) in [6.07, 6.45) is 6.79. The van der Waals surface area contributed by atoms with Crippen LogP contribution in [0.2, 0.25) is 0 Å². The summed E-state index contributed by atoms with van der Waals surface area (Å²) in [5, 5.41) is 2.89. The lowest BCUT2D eigenvalue weighted by Gasteiger charge is -2.21. The van der Waals surface area contributed by atoms with Gasteiger partial charge in [0.2, 0.25) is 5.91 Å². The Kier molecular flexibility index (Phi) is 6.95. The molecule has 0 radical (unpaired) electrons. The molecule has 1 atom stereocenters. The Morgan fingerprint density at radius 2 is 1.96 bits per heavy atom. The Morgan fingerprint density at radius 1 is 1.24 bits per heavy atom. The lowest BCUT2D eigenvalue weighted by atomic mass is 9.97. The van der Waals surface area contributed by atoms with Crippen LogP contribution in [-0.4, -0.2) is 23.8 Å². The molecule has 0 fully saturated rings. The molecule has 2 rings (SSSR count). The van der Waals surface area contributed by atoms with Gasteiger partial charge < -0.3 is 10.2 Å². The zero-order valence-electron chi connectivity index (χ0n) is 14.2. The predicted molar refractivity (Wildman–Crippen MR) is 93.1 cm³/mol. The molecule has 1 aliphatic rings. The molecule has 6 heteroatoms. The van der Waals surface area contributed by atoms with Crippen molar-refractivity contribution >= 4 is 17.8 Å². The summed E-state index contributed by atoms with van der Waals surface area (Å²) >= 11 is 0. The average Bonchev–Trinajstić information content (AvgIpc) is 2.52. The van der Waals surface area contributed by atoms with E-state index in [0.29, 0.717) is 6.42 Å². The van der Waals surface area contributed by atoms with Crippen LogP contribution in [0.25, 0.3) is 0 Å². The van der Waals surface area contributed by atoms with Crippen LogP contribution in [0, 0.1) is 0 Å². The topological polar surface area (TPSA) is 84.5 Å². The minimum absolute atomic E-state index is 0.0109. The quantitative estimate of drug-likeness (QED) is 0.586. The highest BCUT2D eigenvalue weighted by Crippen LogP contribution is 2.18. The second-order valence-electron chi connectivity index (χ2n) is 5.78. The second kappa shape index (κ2) is 9.42. The van der Waals surface area contributed by atoms with E-state index in [2.05, 4.69) is 15.6 Å². The minimum Gasteiger partial charge on any atom is -0.349 e. The van der Waals surface area contributed by atoms with Crippen LogP contribution < -0.4 is 10.8 Å². The molecule has 1 unspecified atom stereocenters. The van der Waals surface area contributed by atoms with Gasteiger partial charge in [0.25, 0.3) is 5.91 Å². The van der Waals surface area contributed by atoms with Crippen LogP contribution in [-0.2, 0) is 25.6 Å². The fraction of sp³-hybridized carbons (Fsp3) is 0.316. The van der Waals surface area contributed by atoms with Crippen molar-refractivity contribution < 1.29 is 19.2 Å². The van der Waals surface area contributed by atoms with Gasteiger partial charge in [-0.05, 0) is 31.7 Å². The van der Waals surface area contributed by atoms with Crippen molar-refractivity contribution in [2.45, 2.75) is 38.6 Å². The van der Waals surface area contributed by atoms with Gasteiger partial charge in [-0.3, -0.25) is 9.59 Å². The molecule has 1 aromatic carbocycles. The molecule has 0 saturated heterocycles. The first-order valence-corrected chi connectivity index (χ1v) is 8.24. The highest BCUT2D eigenvalue weighted by atomic mass is 16.7. The minimum atomic E-state index is -0.654. The lowest BCUT2D eigenvalue weighted by Crippen LogP contribution is -2.42. The highest BCUT2D eigenvalue weighted by Gasteiger charge is 2.21. The van der Waals surface area contributed by atoms with E-state index in [1.54, 1.807) is 6.92 Å². The number of allylic oxidation sites excluding steroid dienone is 2. The van der Waals surface area contributed by atoms with Crippen LogP contribution in [0.5, 0.6) is 0 Å². The standard InChI is InChI=1S/C19H22N2O4/c1-2-7-18(23)25-21-17(22)13-16(12-14-8-4-3-5-9-14)20-19(24)15-10-6-11-15/h2-5,7-10,16H,6,11-13H2,1H3,(H,20,24)(H,21,22). The summed E-state index contributed by atoms with van der Waals surface area (Å²) in [4.78, 5) is 40.0. The molecular weight excluding hydrogens is 320 g/mol. The first kappa shape index (κ1) is 18.4. The van der Waals surface area contributed by atoms with E-state index >= 15 is 0 Å². The Labute approximate surface area is 146 Å². The third-order valence-corrected chi connectivity index (χ3v) is 3.76. The second-order valence-corrected chi connectivity index (χ2v) is 5.78. The first-order valence-electron chi connectivity index (χ1n) is 8.24. The number of carbonyl (C=O) groups is 3. The molecule has 0 bridgehead atoms. The van der Waals surface area contributed by atoms with Gasteiger partial charge in [-0.2, -0.15) is 5.48 Å². The summed E-state index contributed by atoms with van der Waals surface area (Å²) in [6, 6.07) is 9.20. The van der Waals surface area contributed by atoms with Crippen LogP contribution in [0.1, 0.15) is 31.7 Å². The lowest BCUT2D eigenvalue weighted by molar-refractivity contribution is -0.153. The van der Waals surface area contributed by atoms with Crippen LogP contribution in [0.4, 0.5) is 0 Å². The van der Waals surface area contributed by atoms with Crippen molar-refractivity contribution in [2.75, 3.05) is 0 Å². The van der Waals surface area contributed by atoms with Crippen molar-refractivity contribution in [3.8, 4) is 0 Å². The molecule has 0 heterocycles. The number of hydrogen-bond acceptors (Lipinski definition) is 4. The van der Waals surface area contributed by atoms with Crippen molar-refractivity contribution in [2.24, 2.45) is 0 Å². The fourth-order valence-corrected chi connectivity index (χ4v) is 2.39. The van der Waals surface area contributed by atoms with Gasteiger partial charge in [0, 0.05) is 17.7 Å². The van der Waals surface area contributed by atoms with Gasteiger partial charge in [-0.1, -0.05) is 42.5 Å². The molecule has 2 N–H and O–H groups in total. The molecule has 0 saturated carbocycles. The summed E-state index contributed by atoms with van der Waals surface area (Å²) in [7, 11) is 0. The maximum atomic E-state index is 12.2. The van der Waals surface area contributed by atoms with E-state index in [1.807, 2.05) is 36.4 Å². The van der Waals surface area contributed by atoms with Crippen LogP contribution >= 0.6 is 0 Å². The monoisotopic (exact) mass is 342 g/mol. The third-order valence-electron chi connectivity index (χ3n) is 3.76. The van der Waals surface area contributed by atoms with Gasteiger partial charge in [0.05, 0.1) is 6.42 Å². The van der Waals surface area contributed by atoms with Gasteiger partial charge in [-0.15, -0.1) is 0 Å². The van der Waals surface area contributed by atoms with Crippen LogP contribution in [0.3, 0.4) is 0 Å². The van der Waals surface area contributed by atoms with Gasteiger partial charge in [0.15, 0.2) is 0 Å². The van der Waals surface area contributed by atoms with Gasteiger partial charge in [-0.25, -0.2) is 4.79 Å². The molecule has 1 aromatic rings. The molecule has 0 aromatic heterocycles. The smallest absolute Gasteiger partial charge is 0.349 e. The van der Waals surface area contributed by atoms with Crippen molar-refractivity contribution in [1.82, 2.24) is 10.8 Å². The number of hydrogen-bond donors (Lipinski definition) is 2.